The summed E-state index contributed by atoms with van der Waals surface area (Å²) in [6, 6.07) is 0. The van der Waals surface area contributed by atoms with Gasteiger partial charge in [-0.2, -0.15) is 0 Å². The standard InChI is InChI=1S/C57H96O29.5Na/c1-33(2)35(5,28(58)59)79-54(24,46(16,74)40(33,10)68)84-51(21)37(7,30(62)63)81-56(26,48(18,76)43(51,13)71)86-53(23)39(9,32(66)67)82-57(27,49(19,77)45(53,15)73)85-52(22)38(8,31(64)65)80-55(25,47(17,75)44(52,14)72)83-50(20)36(6,29(60)61)78-34(3,4)41(11,69)42(50,12)70;;;;;/h68-77H,1-27H3,(H,58,59)(H,60,61)(H,62,63)(H,64,65)(H,66,67);;;;;/q;5*+1/p-5/t35?,36?,37?,38?,39?,40-,41?,42+,43?,44?,45-,46?,47?,48?,49?,50-,51-,52-,53-,54+,55+,56+,57+;;;;;/m1...../s1. The Bertz CT molecular complexity index is 2900. The Balaban J connectivity index is 0.0000162. The van der Waals surface area contributed by atoms with E-state index in [1.54, 1.807) is 0 Å². The average molecular weight is 1360 g/mol. The summed E-state index contributed by atoms with van der Waals surface area (Å²) in [7, 11) is 0. The molecule has 0 amide bonds. The maximum absolute atomic E-state index is 14.1. The number of ether oxygens (including phenoxy) is 9. The van der Waals surface area contributed by atoms with E-state index in [1.165, 1.54) is 27.7 Å². The third-order valence-corrected chi connectivity index (χ3v) is 24.8. The molecule has 34 heteroatoms. The number of aliphatic carboxylic acids is 5. The van der Waals surface area contributed by atoms with Gasteiger partial charge in [-0.15, -0.1) is 0 Å². The number of carboxylic acids is 5. The number of hydrogen-bond acceptors (Lipinski definition) is 29. The van der Waals surface area contributed by atoms with Crippen molar-refractivity contribution in [2.45, 2.75) is 322 Å². The van der Waals surface area contributed by atoms with Crippen LogP contribution in [0.1, 0.15) is 187 Å². The summed E-state index contributed by atoms with van der Waals surface area (Å²) in [5, 5.41) is 195. The molecule has 0 aromatic rings. The first-order valence-electron chi connectivity index (χ1n) is 27.7. The number of carbonyl (C=O) groups excluding carboxylic acids is 5. The second-order valence-electron chi connectivity index (χ2n) is 29.3. The van der Waals surface area contributed by atoms with Crippen LogP contribution in [0.2, 0.25) is 0 Å². The van der Waals surface area contributed by atoms with Gasteiger partial charge in [0.25, 0.3) is 0 Å². The average Bonchev–Trinajstić information content (AvgIpc) is 3.30. The Labute approximate surface area is 641 Å². The minimum Gasteiger partial charge on any atom is -0.547 e. The van der Waals surface area contributed by atoms with Crippen LogP contribution < -0.4 is 173 Å². The van der Waals surface area contributed by atoms with Gasteiger partial charge < -0.3 is 143 Å². The summed E-state index contributed by atoms with van der Waals surface area (Å²) in [6.07, 6.45) is 0. The van der Waals surface area contributed by atoms with Crippen molar-refractivity contribution in [1.29, 1.82) is 0 Å². The molecule has 5 fully saturated rings. The van der Waals surface area contributed by atoms with Crippen molar-refractivity contribution in [1.82, 2.24) is 0 Å². The van der Waals surface area contributed by atoms with Crippen LogP contribution in [0, 0.1) is 5.41 Å². The number of hydrogen-bond donors (Lipinski definition) is 10. The number of carbonyl (C=O) groups is 5. The van der Waals surface area contributed by atoms with E-state index >= 15 is 0 Å². The van der Waals surface area contributed by atoms with Crippen molar-refractivity contribution in [3.8, 4) is 0 Å². The molecule has 0 saturated carbocycles. The minimum atomic E-state index is -3.48. The first-order valence-corrected chi connectivity index (χ1v) is 27.7. The molecule has 498 valence electrons. The Morgan fingerprint density at radius 3 is 0.582 bits per heavy atom. The van der Waals surface area contributed by atoms with Gasteiger partial charge in [0.1, 0.15) is 106 Å². The molecule has 29 nitrogen and oxygen atoms in total. The maximum atomic E-state index is 14.1. The molecule has 10 N–H and O–H groups in total. The summed E-state index contributed by atoms with van der Waals surface area (Å²) in [4.78, 5) is 68.0. The Morgan fingerprint density at radius 2 is 0.396 bits per heavy atom. The Hall–Kier alpha value is 1.59. The van der Waals surface area contributed by atoms with Crippen molar-refractivity contribution in [2.75, 3.05) is 0 Å². The smallest absolute Gasteiger partial charge is 0.547 e. The first-order chi connectivity index (χ1) is 37.1. The summed E-state index contributed by atoms with van der Waals surface area (Å²) in [6.45, 7) is 23.3. The molecule has 0 aliphatic carbocycles. The van der Waals surface area contributed by atoms with Crippen LogP contribution in [0.4, 0.5) is 0 Å². The van der Waals surface area contributed by atoms with Crippen LogP contribution in [0.15, 0.2) is 0 Å². The fourth-order valence-corrected chi connectivity index (χ4v) is 14.3. The van der Waals surface area contributed by atoms with Gasteiger partial charge in [0, 0.05) is 5.41 Å². The third kappa shape index (κ3) is 10.4. The Morgan fingerprint density at radius 1 is 0.242 bits per heavy atom. The van der Waals surface area contributed by atoms with E-state index in [-0.39, 0.29) is 148 Å². The minimum absolute atomic E-state index is 0. The van der Waals surface area contributed by atoms with Gasteiger partial charge in [0.05, 0.1) is 35.4 Å². The number of aliphatic hydroxyl groups is 10. The molecule has 91 heavy (non-hydrogen) atoms. The molecule has 0 spiro atoms. The van der Waals surface area contributed by atoms with Crippen LogP contribution in [0.25, 0.3) is 0 Å². The van der Waals surface area contributed by atoms with Crippen LogP contribution in [-0.2, 0) is 66.6 Å². The molecule has 5 heterocycles. The van der Waals surface area contributed by atoms with Crippen LogP contribution >= 0.6 is 0 Å². The second kappa shape index (κ2) is 24.4. The first kappa shape index (κ1) is 92.6. The number of rotatable bonds is 13. The van der Waals surface area contributed by atoms with Gasteiger partial charge in [-0.25, -0.2) is 0 Å². The molecule has 0 aromatic heterocycles. The van der Waals surface area contributed by atoms with Gasteiger partial charge in [-0.05, 0) is 173 Å². The van der Waals surface area contributed by atoms with E-state index in [9.17, 15) is 101 Å². The maximum Gasteiger partial charge on any atom is 1.00 e. The monoisotopic (exact) mass is 1350 g/mol. The normalized spacial score (nSPS) is 54.9. The summed E-state index contributed by atoms with van der Waals surface area (Å²) in [5.41, 5.74) is -63.3. The molecule has 12 unspecified atom stereocenters. The third-order valence-electron chi connectivity index (χ3n) is 24.8. The van der Waals surface area contributed by atoms with Crippen molar-refractivity contribution >= 4 is 29.8 Å². The van der Waals surface area contributed by atoms with E-state index < -0.39 is 170 Å². The molecule has 5 aliphatic rings. The second-order valence-corrected chi connectivity index (χ2v) is 29.3. The van der Waals surface area contributed by atoms with Crippen LogP contribution in [0.5, 0.6) is 0 Å². The zero-order valence-corrected chi connectivity index (χ0v) is 69.2. The molecule has 5 aliphatic heterocycles. The molecular formula is C57H91Na5O29. The predicted molar refractivity (Wildman–Crippen MR) is 278 cm³/mol. The zero-order valence-electron chi connectivity index (χ0n) is 59.2. The van der Waals surface area contributed by atoms with E-state index in [0.717, 1.165) is 118 Å². The van der Waals surface area contributed by atoms with Crippen LogP contribution in [-0.4, -0.2) is 216 Å². The van der Waals surface area contributed by atoms with Gasteiger partial charge in [0.2, 0.25) is 0 Å². The van der Waals surface area contributed by atoms with Gasteiger partial charge >= 0.3 is 148 Å². The summed E-state index contributed by atoms with van der Waals surface area (Å²) in [5.74, 6) is -24.1. The van der Waals surface area contributed by atoms with Crippen LogP contribution in [0.3, 0.4) is 0 Å². The molecular weight excluding hydrogens is 1260 g/mol. The van der Waals surface area contributed by atoms with E-state index in [2.05, 4.69) is 0 Å². The molecule has 0 bridgehead atoms. The topological polar surface area (TPSA) is 486 Å². The SMILES string of the molecule is CC1(C)OC(C)(C(=O)[O-])[C@@](C)(O[C@]2(C)OC(C)(C(=O)[O-])[C@@](C)(O[C@]3(C)OC(C)(C(=O)[O-])[C@@](C)(O[C@]4(C)OC(C)(C(=O)[O-])[C@@](C)(O[C@]5(C)OC(C)(C(=O)[O-])C(C)(C)[C@@](C)(O)C5(C)O)C(C)(O)C4(C)O)[C@](C)(O)C3(C)O)C(C)(O)C2(C)O)[C@@](C)(O)C1(C)O.[Na+].[Na+].[Na+].[Na+].[Na+]. The largest absolute Gasteiger partial charge is 1.00 e. The van der Waals surface area contributed by atoms with Crippen molar-refractivity contribution < 1.29 is 291 Å². The predicted octanol–water partition coefficient (Wildman–Crippen LogP) is -21.0. The van der Waals surface area contributed by atoms with Gasteiger partial charge in [-0.3, -0.25) is 0 Å². The van der Waals surface area contributed by atoms with Crippen molar-refractivity contribution in [3.05, 3.63) is 0 Å². The fraction of sp³-hybridized carbons (Fsp3) is 0.912. The van der Waals surface area contributed by atoms with E-state index in [1.807, 2.05) is 0 Å². The fourth-order valence-electron chi connectivity index (χ4n) is 14.3. The molecule has 23 atom stereocenters. The summed E-state index contributed by atoms with van der Waals surface area (Å²) >= 11 is 0. The van der Waals surface area contributed by atoms with Gasteiger partial charge in [0.15, 0.2) is 23.1 Å². The quantitative estimate of drug-likeness (QED) is 0.0766. The van der Waals surface area contributed by atoms with E-state index in [4.69, 9.17) is 42.6 Å². The zero-order chi connectivity index (χ0) is 68.8. The summed E-state index contributed by atoms with van der Waals surface area (Å²) < 4.78 is 56.1. The number of carboxylic acid groups (broad SMARTS) is 5. The van der Waals surface area contributed by atoms with Gasteiger partial charge in [-0.1, -0.05) is 13.8 Å². The Kier molecular flexibility index (Phi) is 24.8. The van der Waals surface area contributed by atoms with E-state index in [0.29, 0.717) is 41.5 Å². The van der Waals surface area contributed by atoms with Crippen molar-refractivity contribution in [3.63, 3.8) is 0 Å². The molecule has 0 radical (unpaired) electrons. The molecule has 0 aromatic carbocycles. The molecule has 5 rings (SSSR count). The molecule has 5 saturated heterocycles. The van der Waals surface area contributed by atoms with Crippen molar-refractivity contribution in [2.24, 2.45) is 5.41 Å².